The summed E-state index contributed by atoms with van der Waals surface area (Å²) in [6.07, 6.45) is 0. The van der Waals surface area contributed by atoms with E-state index >= 15 is 0 Å². The van der Waals surface area contributed by atoms with E-state index in [9.17, 15) is 9.18 Å². The second-order valence-corrected chi connectivity index (χ2v) is 6.57. The molecule has 0 bridgehead atoms. The molecule has 3 heteroatoms. The summed E-state index contributed by atoms with van der Waals surface area (Å²) in [5.74, 6) is -0.405. The van der Waals surface area contributed by atoms with Gasteiger partial charge in [-0.2, -0.15) is 0 Å². The number of rotatable bonds is 3. The maximum absolute atomic E-state index is 12.9. The molecular formula is C19H22FNO. The number of hydrogen-bond acceptors (Lipinski definition) is 1. The number of hydrogen-bond donors (Lipinski definition) is 1. The van der Waals surface area contributed by atoms with Crippen molar-refractivity contribution < 1.29 is 9.18 Å². The van der Waals surface area contributed by atoms with Crippen LogP contribution in [0.25, 0.3) is 0 Å². The molecule has 0 unspecified atom stereocenters. The number of carbonyl (C=O) groups is 1. The monoisotopic (exact) mass is 299 g/mol. The van der Waals surface area contributed by atoms with Crippen LogP contribution in [0.1, 0.15) is 55.2 Å². The first-order valence-electron chi connectivity index (χ1n) is 7.44. The standard InChI is InChI=1S/C19H22FNO/c1-13(14-7-11-17(20)12-8-14)21-18(22)15-5-9-16(10-6-15)19(2,3)4/h5-13H,1-4H3,(H,21,22)/t13-/m1/s1. The van der Waals surface area contributed by atoms with Gasteiger partial charge in [-0.1, -0.05) is 45.0 Å². The zero-order valence-electron chi connectivity index (χ0n) is 13.5. The van der Waals surface area contributed by atoms with Crippen molar-refractivity contribution in [2.45, 2.75) is 39.2 Å². The molecule has 2 nitrogen and oxygen atoms in total. The molecule has 0 radical (unpaired) electrons. The molecule has 0 aliphatic rings. The topological polar surface area (TPSA) is 29.1 Å². The Morgan fingerprint density at radius 3 is 2.05 bits per heavy atom. The maximum Gasteiger partial charge on any atom is 0.251 e. The first-order valence-corrected chi connectivity index (χ1v) is 7.44. The van der Waals surface area contributed by atoms with Crippen molar-refractivity contribution in [2.75, 3.05) is 0 Å². The molecule has 22 heavy (non-hydrogen) atoms. The summed E-state index contributed by atoms with van der Waals surface area (Å²) < 4.78 is 12.9. The first-order chi connectivity index (χ1) is 10.3. The zero-order valence-corrected chi connectivity index (χ0v) is 13.5. The average molecular weight is 299 g/mol. The van der Waals surface area contributed by atoms with Crippen LogP contribution in [0.15, 0.2) is 48.5 Å². The Labute approximate surface area is 131 Å². The summed E-state index contributed by atoms with van der Waals surface area (Å²) >= 11 is 0. The van der Waals surface area contributed by atoms with Gasteiger partial charge < -0.3 is 5.32 Å². The molecular weight excluding hydrogens is 277 g/mol. The summed E-state index contributed by atoms with van der Waals surface area (Å²) in [4.78, 5) is 12.3. The third-order valence-electron chi connectivity index (χ3n) is 3.73. The molecule has 1 amide bonds. The van der Waals surface area contributed by atoms with Crippen LogP contribution in [0.3, 0.4) is 0 Å². The molecule has 2 aromatic carbocycles. The fraction of sp³-hybridized carbons (Fsp3) is 0.316. The molecule has 116 valence electrons. The van der Waals surface area contributed by atoms with Crippen LogP contribution in [0.4, 0.5) is 4.39 Å². The van der Waals surface area contributed by atoms with Gasteiger partial charge >= 0.3 is 0 Å². The zero-order chi connectivity index (χ0) is 16.3. The van der Waals surface area contributed by atoms with E-state index in [4.69, 9.17) is 0 Å². The quantitative estimate of drug-likeness (QED) is 0.880. The van der Waals surface area contributed by atoms with E-state index in [1.54, 1.807) is 12.1 Å². The fourth-order valence-corrected chi connectivity index (χ4v) is 2.24. The smallest absolute Gasteiger partial charge is 0.251 e. The van der Waals surface area contributed by atoms with Crippen LogP contribution >= 0.6 is 0 Å². The van der Waals surface area contributed by atoms with Gasteiger partial charge in [-0.25, -0.2) is 4.39 Å². The molecule has 0 heterocycles. The lowest BCUT2D eigenvalue weighted by molar-refractivity contribution is 0.0940. The van der Waals surface area contributed by atoms with E-state index in [-0.39, 0.29) is 23.2 Å². The van der Waals surface area contributed by atoms with Crippen molar-refractivity contribution in [2.24, 2.45) is 0 Å². The van der Waals surface area contributed by atoms with Crippen molar-refractivity contribution in [3.8, 4) is 0 Å². The molecule has 0 aliphatic carbocycles. The minimum absolute atomic E-state index is 0.0659. The van der Waals surface area contributed by atoms with Gasteiger partial charge in [0.1, 0.15) is 5.82 Å². The Bertz CT molecular complexity index is 639. The minimum atomic E-state index is -0.278. The summed E-state index contributed by atoms with van der Waals surface area (Å²) in [6, 6.07) is 13.6. The molecule has 1 atom stereocenters. The highest BCUT2D eigenvalue weighted by Crippen LogP contribution is 2.22. The summed E-state index contributed by atoms with van der Waals surface area (Å²) in [7, 11) is 0. The van der Waals surface area contributed by atoms with Crippen LogP contribution in [0.2, 0.25) is 0 Å². The predicted molar refractivity (Wildman–Crippen MR) is 87.4 cm³/mol. The van der Waals surface area contributed by atoms with Gasteiger partial charge in [0, 0.05) is 5.56 Å². The minimum Gasteiger partial charge on any atom is -0.346 e. The lowest BCUT2D eigenvalue weighted by Gasteiger charge is -2.19. The molecule has 0 saturated heterocycles. The van der Waals surface area contributed by atoms with E-state index in [2.05, 4.69) is 26.1 Å². The van der Waals surface area contributed by atoms with Crippen molar-refractivity contribution >= 4 is 5.91 Å². The fourth-order valence-electron chi connectivity index (χ4n) is 2.24. The van der Waals surface area contributed by atoms with Crippen LogP contribution < -0.4 is 5.32 Å². The lowest BCUT2D eigenvalue weighted by atomic mass is 9.86. The van der Waals surface area contributed by atoms with Gasteiger partial charge in [0.05, 0.1) is 6.04 Å². The van der Waals surface area contributed by atoms with Gasteiger partial charge in [-0.05, 0) is 47.7 Å². The van der Waals surface area contributed by atoms with E-state index in [0.717, 1.165) is 5.56 Å². The number of carbonyl (C=O) groups excluding carboxylic acids is 1. The number of nitrogens with one attached hydrogen (secondary N) is 1. The largest absolute Gasteiger partial charge is 0.346 e. The third-order valence-corrected chi connectivity index (χ3v) is 3.73. The highest BCUT2D eigenvalue weighted by Gasteiger charge is 2.15. The highest BCUT2D eigenvalue weighted by atomic mass is 19.1. The third kappa shape index (κ3) is 3.94. The average Bonchev–Trinajstić information content (AvgIpc) is 2.47. The van der Waals surface area contributed by atoms with Crippen molar-refractivity contribution in [3.63, 3.8) is 0 Å². The van der Waals surface area contributed by atoms with Crippen molar-refractivity contribution in [1.82, 2.24) is 5.32 Å². The van der Waals surface area contributed by atoms with Crippen LogP contribution in [0.5, 0.6) is 0 Å². The van der Waals surface area contributed by atoms with Crippen LogP contribution in [0, 0.1) is 5.82 Å². The maximum atomic E-state index is 12.9. The Balaban J connectivity index is 2.07. The Morgan fingerprint density at radius 1 is 1.00 bits per heavy atom. The molecule has 0 aromatic heterocycles. The Kier molecular flexibility index (Phi) is 4.65. The summed E-state index contributed by atoms with van der Waals surface area (Å²) in [6.45, 7) is 8.30. The summed E-state index contributed by atoms with van der Waals surface area (Å²) in [5, 5.41) is 2.93. The van der Waals surface area contributed by atoms with Crippen LogP contribution in [-0.2, 0) is 5.41 Å². The van der Waals surface area contributed by atoms with Crippen LogP contribution in [-0.4, -0.2) is 5.91 Å². The van der Waals surface area contributed by atoms with Gasteiger partial charge in [0.2, 0.25) is 0 Å². The van der Waals surface area contributed by atoms with E-state index in [1.165, 1.54) is 17.7 Å². The van der Waals surface area contributed by atoms with E-state index < -0.39 is 0 Å². The second kappa shape index (κ2) is 6.30. The van der Waals surface area contributed by atoms with E-state index in [0.29, 0.717) is 5.56 Å². The molecule has 0 spiro atoms. The Hall–Kier alpha value is -2.16. The van der Waals surface area contributed by atoms with Gasteiger partial charge in [0.15, 0.2) is 0 Å². The lowest BCUT2D eigenvalue weighted by Crippen LogP contribution is -2.26. The molecule has 2 rings (SSSR count). The molecule has 0 fully saturated rings. The van der Waals surface area contributed by atoms with Gasteiger partial charge in [0.25, 0.3) is 5.91 Å². The number of halogens is 1. The van der Waals surface area contributed by atoms with Crippen molar-refractivity contribution in [1.29, 1.82) is 0 Å². The number of amides is 1. The highest BCUT2D eigenvalue weighted by molar-refractivity contribution is 5.94. The molecule has 0 saturated carbocycles. The molecule has 0 aliphatic heterocycles. The van der Waals surface area contributed by atoms with Gasteiger partial charge in [-0.15, -0.1) is 0 Å². The predicted octanol–water partition coefficient (Wildman–Crippen LogP) is 4.61. The SMILES string of the molecule is C[C@@H](NC(=O)c1ccc(C(C)(C)C)cc1)c1ccc(F)cc1. The summed E-state index contributed by atoms with van der Waals surface area (Å²) in [5.41, 5.74) is 2.76. The normalized spacial score (nSPS) is 12.8. The van der Waals surface area contributed by atoms with Crippen molar-refractivity contribution in [3.05, 3.63) is 71.0 Å². The Morgan fingerprint density at radius 2 is 1.55 bits per heavy atom. The number of benzene rings is 2. The first kappa shape index (κ1) is 16.2. The molecule has 2 aromatic rings. The van der Waals surface area contributed by atoms with Gasteiger partial charge in [-0.3, -0.25) is 4.79 Å². The molecule has 1 N–H and O–H groups in total. The van der Waals surface area contributed by atoms with E-state index in [1.807, 2.05) is 31.2 Å². The second-order valence-electron chi connectivity index (χ2n) is 6.57.